The van der Waals surface area contributed by atoms with Crippen molar-refractivity contribution in [3.05, 3.63) is 33.9 Å². The van der Waals surface area contributed by atoms with Crippen molar-refractivity contribution in [2.24, 2.45) is 11.8 Å². The lowest BCUT2D eigenvalue weighted by Crippen LogP contribution is -2.47. The molecule has 0 heterocycles. The van der Waals surface area contributed by atoms with Crippen LogP contribution in [0.2, 0.25) is 0 Å². The molecule has 148 valence electrons. The molecule has 0 radical (unpaired) electrons. The van der Waals surface area contributed by atoms with E-state index >= 15 is 0 Å². The molecular weight excluding hydrogens is 368 g/mol. The van der Waals surface area contributed by atoms with Gasteiger partial charge in [-0.25, -0.2) is 4.79 Å². The average molecular weight is 394 g/mol. The summed E-state index contributed by atoms with van der Waals surface area (Å²) >= 11 is 1.22. The van der Waals surface area contributed by atoms with Crippen molar-refractivity contribution in [1.82, 2.24) is 5.32 Å². The van der Waals surface area contributed by atoms with Gasteiger partial charge in [-0.05, 0) is 43.6 Å². The van der Waals surface area contributed by atoms with Crippen LogP contribution in [0.25, 0.3) is 0 Å². The quantitative estimate of drug-likeness (QED) is 0.341. The van der Waals surface area contributed by atoms with E-state index in [1.54, 1.807) is 6.26 Å². The van der Waals surface area contributed by atoms with Crippen LogP contribution >= 0.6 is 11.8 Å². The second kappa shape index (κ2) is 9.21. The first kappa shape index (κ1) is 21.2. The lowest BCUT2D eigenvalue weighted by atomic mass is 9.78. The summed E-state index contributed by atoms with van der Waals surface area (Å²) in [6.45, 7) is 5.81. The Labute approximate surface area is 163 Å². The Balaban J connectivity index is 2.01. The Hall–Kier alpha value is -2.09. The number of ether oxygens (including phenoxy) is 1. The van der Waals surface area contributed by atoms with Crippen molar-refractivity contribution in [3.63, 3.8) is 0 Å². The second-order valence-corrected chi connectivity index (χ2v) is 7.92. The van der Waals surface area contributed by atoms with Crippen molar-refractivity contribution in [1.29, 1.82) is 0 Å². The van der Waals surface area contributed by atoms with Crippen molar-refractivity contribution >= 4 is 29.3 Å². The second-order valence-electron chi connectivity index (χ2n) is 7.07. The first-order valence-electron chi connectivity index (χ1n) is 9.08. The molecule has 2 rings (SSSR count). The van der Waals surface area contributed by atoms with Crippen LogP contribution in [-0.2, 0) is 9.53 Å². The number of carbonyl (C=O) groups excluding carboxylic acids is 2. The Morgan fingerprint density at radius 3 is 2.67 bits per heavy atom. The van der Waals surface area contributed by atoms with E-state index < -0.39 is 17.0 Å². The molecule has 0 bridgehead atoms. The number of rotatable bonds is 6. The Morgan fingerprint density at radius 1 is 1.33 bits per heavy atom. The molecule has 8 heteroatoms. The summed E-state index contributed by atoms with van der Waals surface area (Å²) in [5.74, 6) is -0.187. The van der Waals surface area contributed by atoms with Gasteiger partial charge < -0.3 is 10.1 Å². The van der Waals surface area contributed by atoms with Gasteiger partial charge in [0.2, 0.25) is 0 Å². The van der Waals surface area contributed by atoms with E-state index in [9.17, 15) is 19.7 Å². The molecule has 1 aromatic rings. The predicted molar refractivity (Wildman–Crippen MR) is 104 cm³/mol. The van der Waals surface area contributed by atoms with Gasteiger partial charge in [-0.15, -0.1) is 11.8 Å². The minimum atomic E-state index is -0.971. The summed E-state index contributed by atoms with van der Waals surface area (Å²) in [5.41, 5.74) is -0.0992. The van der Waals surface area contributed by atoms with E-state index in [1.165, 1.54) is 36.9 Å². The Bertz CT molecular complexity index is 724. The van der Waals surface area contributed by atoms with Crippen molar-refractivity contribution in [3.8, 4) is 0 Å². The number of hydrogen-bond donors (Lipinski definition) is 1. The SMILES string of the molecule is CSc1ccc(C(=O)O[C@H](C)C(=O)N[C@@H]2CCC[C@@H](C)[C@H]2C)cc1[N+](=O)[O-]. The van der Waals surface area contributed by atoms with Gasteiger partial charge in [0.25, 0.3) is 11.6 Å². The summed E-state index contributed by atoms with van der Waals surface area (Å²) in [6.07, 6.45) is 3.89. The molecule has 1 saturated carbocycles. The minimum Gasteiger partial charge on any atom is -0.449 e. The molecule has 7 nitrogen and oxygen atoms in total. The van der Waals surface area contributed by atoms with Gasteiger partial charge in [0.15, 0.2) is 6.10 Å². The van der Waals surface area contributed by atoms with Gasteiger partial charge in [0, 0.05) is 12.1 Å². The number of nitrogens with one attached hydrogen (secondary N) is 1. The van der Waals surface area contributed by atoms with Crippen LogP contribution in [-0.4, -0.2) is 35.2 Å². The molecule has 27 heavy (non-hydrogen) atoms. The number of esters is 1. The molecule has 0 aromatic heterocycles. The maximum absolute atomic E-state index is 12.4. The monoisotopic (exact) mass is 394 g/mol. The molecule has 1 N–H and O–H groups in total. The fraction of sp³-hybridized carbons (Fsp3) is 0.579. The molecule has 4 atom stereocenters. The maximum Gasteiger partial charge on any atom is 0.339 e. The van der Waals surface area contributed by atoms with Crippen molar-refractivity contribution in [2.75, 3.05) is 6.26 Å². The number of nitro benzene ring substituents is 1. The van der Waals surface area contributed by atoms with Crippen LogP contribution < -0.4 is 5.32 Å². The molecule has 0 aliphatic heterocycles. The van der Waals surface area contributed by atoms with Gasteiger partial charge in [-0.1, -0.05) is 26.7 Å². The number of benzene rings is 1. The highest BCUT2D eigenvalue weighted by molar-refractivity contribution is 7.98. The number of nitro groups is 1. The normalized spacial score (nSPS) is 23.3. The summed E-state index contributed by atoms with van der Waals surface area (Å²) in [7, 11) is 0. The zero-order chi connectivity index (χ0) is 20.1. The third-order valence-electron chi connectivity index (χ3n) is 5.30. The number of thioether (sulfide) groups is 1. The lowest BCUT2D eigenvalue weighted by Gasteiger charge is -2.35. The summed E-state index contributed by atoms with van der Waals surface area (Å²) in [4.78, 5) is 35.8. The number of nitrogens with zero attached hydrogens (tertiary/aromatic N) is 1. The predicted octanol–water partition coefficient (Wildman–Crippen LogP) is 3.80. The molecule has 1 fully saturated rings. The topological polar surface area (TPSA) is 98.5 Å². The van der Waals surface area contributed by atoms with Gasteiger partial charge in [-0.3, -0.25) is 14.9 Å². The minimum absolute atomic E-state index is 0.0545. The third-order valence-corrected chi connectivity index (χ3v) is 6.08. The van der Waals surface area contributed by atoms with Crippen LogP contribution in [0, 0.1) is 22.0 Å². The number of carbonyl (C=O) groups is 2. The summed E-state index contributed by atoms with van der Waals surface area (Å²) in [5, 5.41) is 14.1. The van der Waals surface area contributed by atoms with E-state index in [2.05, 4.69) is 19.2 Å². The van der Waals surface area contributed by atoms with Gasteiger partial charge in [-0.2, -0.15) is 0 Å². The molecule has 0 spiro atoms. The van der Waals surface area contributed by atoms with Crippen LogP contribution in [0.15, 0.2) is 23.1 Å². The van der Waals surface area contributed by atoms with E-state index in [0.717, 1.165) is 19.3 Å². The largest absolute Gasteiger partial charge is 0.449 e. The first-order valence-corrected chi connectivity index (χ1v) is 10.3. The first-order chi connectivity index (χ1) is 12.7. The van der Waals surface area contributed by atoms with Crippen molar-refractivity contribution in [2.45, 2.75) is 57.1 Å². The van der Waals surface area contributed by atoms with E-state index in [1.807, 2.05) is 0 Å². The van der Waals surface area contributed by atoms with Gasteiger partial charge >= 0.3 is 5.97 Å². The highest BCUT2D eigenvalue weighted by Gasteiger charge is 2.30. The highest BCUT2D eigenvalue weighted by Crippen LogP contribution is 2.30. The van der Waals surface area contributed by atoms with E-state index in [-0.39, 0.29) is 23.2 Å². The molecule has 1 amide bonds. The summed E-state index contributed by atoms with van der Waals surface area (Å²) in [6, 6.07) is 4.24. The van der Waals surface area contributed by atoms with E-state index in [4.69, 9.17) is 4.74 Å². The Morgan fingerprint density at radius 2 is 2.04 bits per heavy atom. The molecule has 0 saturated heterocycles. The van der Waals surface area contributed by atoms with Crippen LogP contribution in [0.3, 0.4) is 0 Å². The standard InChI is InChI=1S/C19H26N2O5S/c1-11-6-5-7-15(12(11)2)20-18(22)13(3)26-19(23)14-8-9-17(27-4)16(10-14)21(24)25/h8-13,15H,5-7H2,1-4H3,(H,20,22)/t11-,12-,13-,15-/m1/s1. The zero-order valence-corrected chi connectivity index (χ0v) is 16.9. The number of amides is 1. The zero-order valence-electron chi connectivity index (χ0n) is 16.1. The van der Waals surface area contributed by atoms with Gasteiger partial charge in [0.05, 0.1) is 15.4 Å². The van der Waals surface area contributed by atoms with E-state index in [0.29, 0.717) is 16.7 Å². The highest BCUT2D eigenvalue weighted by atomic mass is 32.2. The molecule has 1 aliphatic carbocycles. The molecular formula is C19H26N2O5S. The van der Waals surface area contributed by atoms with Crippen LogP contribution in [0.4, 0.5) is 5.69 Å². The van der Waals surface area contributed by atoms with Crippen molar-refractivity contribution < 1.29 is 19.2 Å². The van der Waals surface area contributed by atoms with Crippen LogP contribution in [0.5, 0.6) is 0 Å². The fourth-order valence-corrected chi connectivity index (χ4v) is 3.87. The maximum atomic E-state index is 12.4. The summed E-state index contributed by atoms with van der Waals surface area (Å²) < 4.78 is 5.23. The smallest absolute Gasteiger partial charge is 0.339 e. The molecule has 0 unspecified atom stereocenters. The third kappa shape index (κ3) is 5.22. The molecule has 1 aromatic carbocycles. The van der Waals surface area contributed by atoms with Crippen LogP contribution in [0.1, 0.15) is 50.4 Å². The van der Waals surface area contributed by atoms with Gasteiger partial charge in [0.1, 0.15) is 0 Å². The lowest BCUT2D eigenvalue weighted by molar-refractivity contribution is -0.387. The fourth-order valence-electron chi connectivity index (χ4n) is 3.33. The molecule has 1 aliphatic rings. The number of hydrogen-bond acceptors (Lipinski definition) is 6. The Kier molecular flexibility index (Phi) is 7.24. The average Bonchev–Trinajstić information content (AvgIpc) is 2.64.